The molecular weight excluding hydrogens is 372 g/mol. The van der Waals surface area contributed by atoms with Gasteiger partial charge in [-0.1, -0.05) is 13.8 Å². The van der Waals surface area contributed by atoms with E-state index in [9.17, 15) is 23.3 Å². The van der Waals surface area contributed by atoms with Crippen LogP contribution in [-0.4, -0.2) is 23.5 Å². The first-order valence-electron chi connectivity index (χ1n) is 8.46. The number of rotatable bonds is 7. The maximum atomic E-state index is 12.7. The average Bonchev–Trinajstić information content (AvgIpc) is 2.61. The zero-order valence-electron chi connectivity index (χ0n) is 15.6. The van der Waals surface area contributed by atoms with Crippen LogP contribution in [0.15, 0.2) is 21.8 Å². The summed E-state index contributed by atoms with van der Waals surface area (Å²) in [6.45, 7) is 6.80. The Morgan fingerprint density at radius 2 is 1.78 bits per heavy atom. The Labute approximate surface area is 157 Å². The summed E-state index contributed by atoms with van der Waals surface area (Å²) in [6.07, 6.45) is 1.10. The summed E-state index contributed by atoms with van der Waals surface area (Å²) in [7, 11) is -4.20. The van der Waals surface area contributed by atoms with Crippen molar-refractivity contribution in [3.8, 4) is 0 Å². The van der Waals surface area contributed by atoms with Crippen molar-refractivity contribution in [2.45, 2.75) is 52.0 Å². The van der Waals surface area contributed by atoms with Crippen LogP contribution in [0.1, 0.15) is 41.8 Å². The average molecular weight is 394 g/mol. The van der Waals surface area contributed by atoms with Crippen molar-refractivity contribution in [3.05, 3.63) is 60.5 Å². The summed E-state index contributed by atoms with van der Waals surface area (Å²) in [5.74, 6) is 0. The highest BCUT2D eigenvalue weighted by Gasteiger charge is 2.27. The van der Waals surface area contributed by atoms with E-state index in [4.69, 9.17) is 0 Å². The lowest BCUT2D eigenvalue weighted by atomic mass is 10.0. The van der Waals surface area contributed by atoms with E-state index >= 15 is 0 Å². The molecule has 146 valence electrons. The number of aromatic nitrogens is 2. The first-order valence-corrected chi connectivity index (χ1v) is 9.95. The zero-order chi connectivity index (χ0) is 20.4. The van der Waals surface area contributed by atoms with E-state index in [2.05, 4.69) is 14.9 Å². The normalized spacial score (nSPS) is 11.6. The standard InChI is InChI=1S/C17H22N4O5S/c1-5-12-13(17(22)20-19-14(12)6-2)9-18-27(25,26)16-8-11(4)10(3)7-15(16)21(23)24/h7-8,18H,5-6,9H2,1-4H3,(H,20,22). The number of nitrogens with one attached hydrogen (secondary N) is 2. The van der Waals surface area contributed by atoms with Gasteiger partial charge in [0, 0.05) is 18.2 Å². The van der Waals surface area contributed by atoms with Crippen LogP contribution in [-0.2, 0) is 29.4 Å². The number of nitro groups is 1. The van der Waals surface area contributed by atoms with Gasteiger partial charge in [0.15, 0.2) is 4.90 Å². The van der Waals surface area contributed by atoms with Gasteiger partial charge in [-0.15, -0.1) is 0 Å². The van der Waals surface area contributed by atoms with E-state index in [1.54, 1.807) is 13.8 Å². The lowest BCUT2D eigenvalue weighted by Crippen LogP contribution is -2.30. The molecule has 0 spiro atoms. The van der Waals surface area contributed by atoms with Crippen LogP contribution in [0.5, 0.6) is 0 Å². The van der Waals surface area contributed by atoms with E-state index in [-0.39, 0.29) is 12.1 Å². The molecule has 0 saturated carbocycles. The summed E-state index contributed by atoms with van der Waals surface area (Å²) in [5, 5.41) is 17.6. The molecule has 9 nitrogen and oxygen atoms in total. The second-order valence-electron chi connectivity index (χ2n) is 6.15. The number of sulfonamides is 1. The van der Waals surface area contributed by atoms with Crippen molar-refractivity contribution in [2.75, 3.05) is 0 Å². The Hall–Kier alpha value is -2.59. The minimum absolute atomic E-state index is 0.263. The predicted molar refractivity (Wildman–Crippen MR) is 100 cm³/mol. The molecule has 1 aromatic heterocycles. The lowest BCUT2D eigenvalue weighted by Gasteiger charge is -2.12. The third-order valence-corrected chi connectivity index (χ3v) is 5.90. The first kappa shape index (κ1) is 20.7. The smallest absolute Gasteiger partial charge is 0.268 e. The quantitative estimate of drug-likeness (QED) is 0.544. The largest absolute Gasteiger partial charge is 0.289 e. The Bertz CT molecular complexity index is 1040. The van der Waals surface area contributed by atoms with Gasteiger partial charge in [-0.3, -0.25) is 14.9 Å². The summed E-state index contributed by atoms with van der Waals surface area (Å²) >= 11 is 0. The van der Waals surface area contributed by atoms with Gasteiger partial charge in [-0.05, 0) is 49.4 Å². The maximum Gasteiger partial charge on any atom is 0.289 e. The molecule has 0 aliphatic carbocycles. The highest BCUT2D eigenvalue weighted by atomic mass is 32.2. The van der Waals surface area contributed by atoms with Crippen molar-refractivity contribution in [2.24, 2.45) is 0 Å². The molecule has 10 heteroatoms. The van der Waals surface area contributed by atoms with E-state index in [0.29, 0.717) is 35.2 Å². The minimum atomic E-state index is -4.20. The Morgan fingerprint density at radius 1 is 1.15 bits per heavy atom. The molecule has 0 radical (unpaired) electrons. The summed E-state index contributed by atoms with van der Waals surface area (Å²) in [4.78, 5) is 22.3. The van der Waals surface area contributed by atoms with Crippen molar-refractivity contribution in [3.63, 3.8) is 0 Å². The van der Waals surface area contributed by atoms with E-state index < -0.39 is 31.1 Å². The minimum Gasteiger partial charge on any atom is -0.268 e. The molecule has 0 fully saturated rings. The monoisotopic (exact) mass is 394 g/mol. The van der Waals surface area contributed by atoms with Crippen molar-refractivity contribution >= 4 is 15.7 Å². The van der Waals surface area contributed by atoms with Crippen LogP contribution in [0.4, 0.5) is 5.69 Å². The van der Waals surface area contributed by atoms with E-state index in [0.717, 1.165) is 0 Å². The van der Waals surface area contributed by atoms with Gasteiger partial charge in [0.05, 0.1) is 10.6 Å². The Morgan fingerprint density at radius 3 is 2.33 bits per heavy atom. The molecule has 0 aliphatic rings. The third-order valence-electron chi connectivity index (χ3n) is 4.47. The molecule has 2 N–H and O–H groups in total. The number of aromatic amines is 1. The van der Waals surface area contributed by atoms with E-state index in [1.165, 1.54) is 12.1 Å². The lowest BCUT2D eigenvalue weighted by molar-refractivity contribution is -0.387. The van der Waals surface area contributed by atoms with Crippen LogP contribution in [0.2, 0.25) is 0 Å². The predicted octanol–water partition coefficient (Wildman–Crippen LogP) is 1.90. The third kappa shape index (κ3) is 4.22. The molecule has 0 amide bonds. The van der Waals surface area contributed by atoms with Crippen LogP contribution in [0.3, 0.4) is 0 Å². The summed E-state index contributed by atoms with van der Waals surface area (Å²) < 4.78 is 27.8. The number of aryl methyl sites for hydroxylation is 3. The van der Waals surface area contributed by atoms with Gasteiger partial charge < -0.3 is 0 Å². The van der Waals surface area contributed by atoms with Crippen LogP contribution >= 0.6 is 0 Å². The van der Waals surface area contributed by atoms with Gasteiger partial charge in [-0.2, -0.15) is 5.10 Å². The molecule has 0 aliphatic heterocycles. The number of nitro benzene ring substituents is 1. The maximum absolute atomic E-state index is 12.7. The molecular formula is C17H22N4O5S. The van der Waals surface area contributed by atoms with Gasteiger partial charge in [0.2, 0.25) is 10.0 Å². The fourth-order valence-electron chi connectivity index (χ4n) is 2.84. The molecule has 1 aromatic carbocycles. The molecule has 0 atom stereocenters. The number of benzene rings is 1. The van der Waals surface area contributed by atoms with Gasteiger partial charge in [-0.25, -0.2) is 18.2 Å². The summed E-state index contributed by atoms with van der Waals surface area (Å²) in [5.41, 5.74) is 1.87. The topological polar surface area (TPSA) is 135 Å². The SMILES string of the molecule is CCc1n[nH]c(=O)c(CNS(=O)(=O)c2cc(C)c(C)cc2[N+](=O)[O-])c1CC. The molecule has 0 unspecified atom stereocenters. The zero-order valence-corrected chi connectivity index (χ0v) is 16.4. The van der Waals surface area contributed by atoms with Crippen molar-refractivity contribution in [1.82, 2.24) is 14.9 Å². The first-order chi connectivity index (χ1) is 12.6. The van der Waals surface area contributed by atoms with Crippen LogP contribution < -0.4 is 10.3 Å². The fraction of sp³-hybridized carbons (Fsp3) is 0.412. The molecule has 1 heterocycles. The Balaban J connectivity index is 2.47. The number of hydrogen-bond donors (Lipinski definition) is 2. The molecule has 0 bridgehead atoms. The number of nitrogens with zero attached hydrogens (tertiary/aromatic N) is 2. The fourth-order valence-corrected chi connectivity index (χ4v) is 4.07. The Kier molecular flexibility index (Phi) is 6.11. The molecule has 2 aromatic rings. The van der Waals surface area contributed by atoms with Gasteiger partial charge in [0.25, 0.3) is 11.2 Å². The van der Waals surface area contributed by atoms with E-state index in [1.807, 2.05) is 13.8 Å². The molecule has 2 rings (SSSR count). The van der Waals surface area contributed by atoms with Crippen LogP contribution in [0, 0.1) is 24.0 Å². The second kappa shape index (κ2) is 7.97. The highest BCUT2D eigenvalue weighted by Crippen LogP contribution is 2.27. The van der Waals surface area contributed by atoms with Gasteiger partial charge in [0.1, 0.15) is 0 Å². The van der Waals surface area contributed by atoms with Crippen LogP contribution in [0.25, 0.3) is 0 Å². The summed E-state index contributed by atoms with van der Waals surface area (Å²) in [6, 6.07) is 2.50. The van der Waals surface area contributed by atoms with Gasteiger partial charge >= 0.3 is 0 Å². The van der Waals surface area contributed by atoms with Crippen molar-refractivity contribution < 1.29 is 13.3 Å². The molecule has 27 heavy (non-hydrogen) atoms. The second-order valence-corrected chi connectivity index (χ2v) is 7.88. The highest BCUT2D eigenvalue weighted by molar-refractivity contribution is 7.89. The number of H-pyrrole nitrogens is 1. The molecule has 0 saturated heterocycles. The number of hydrogen-bond acceptors (Lipinski definition) is 6. The van der Waals surface area contributed by atoms with Crippen molar-refractivity contribution in [1.29, 1.82) is 0 Å².